The number of hydrogen-bond donors (Lipinski definition) is 2. The number of carbonyl (C=O) groups excluding carboxylic acids is 2. The van der Waals surface area contributed by atoms with Gasteiger partial charge in [0.2, 0.25) is 5.91 Å². The summed E-state index contributed by atoms with van der Waals surface area (Å²) in [5, 5.41) is 10.6. The maximum atomic E-state index is 13.4. The van der Waals surface area contributed by atoms with Crippen LogP contribution in [-0.2, 0) is 4.79 Å². The zero-order valence-electron chi connectivity index (χ0n) is 22.6. The molecular formula is C28H33N9O2. The predicted octanol–water partition coefficient (Wildman–Crippen LogP) is 4.06. The third kappa shape index (κ3) is 7.02. The molecule has 0 saturated heterocycles. The van der Waals surface area contributed by atoms with Crippen molar-refractivity contribution in [1.29, 1.82) is 0 Å². The van der Waals surface area contributed by atoms with Gasteiger partial charge in [0, 0.05) is 48.0 Å². The molecule has 11 nitrogen and oxygen atoms in total. The normalized spacial score (nSPS) is 10.9. The number of likely N-dealkylation sites (N-methyl/N-ethyl adjacent to an activating group) is 1. The number of nitrogens with zero attached hydrogens (tertiary/aromatic N) is 7. The van der Waals surface area contributed by atoms with Crippen LogP contribution in [0, 0.1) is 6.92 Å². The molecule has 0 atom stereocenters. The summed E-state index contributed by atoms with van der Waals surface area (Å²) >= 11 is 0. The molecule has 0 fully saturated rings. The molecular weight excluding hydrogens is 494 g/mol. The van der Waals surface area contributed by atoms with Crippen LogP contribution < -0.4 is 15.5 Å². The van der Waals surface area contributed by atoms with E-state index in [0.29, 0.717) is 29.6 Å². The van der Waals surface area contributed by atoms with Gasteiger partial charge >= 0.3 is 0 Å². The second-order valence-electron chi connectivity index (χ2n) is 9.35. The Morgan fingerprint density at radius 1 is 1.00 bits per heavy atom. The molecule has 2 amide bonds. The highest BCUT2D eigenvalue weighted by Gasteiger charge is 2.19. The van der Waals surface area contributed by atoms with Gasteiger partial charge in [-0.25, -0.2) is 9.97 Å². The summed E-state index contributed by atoms with van der Waals surface area (Å²) in [6.45, 7) is 4.94. The molecule has 2 N–H and O–H groups in total. The monoisotopic (exact) mass is 527 g/mol. The molecule has 0 aliphatic heterocycles. The number of aryl methyl sites for hydroxylation is 1. The van der Waals surface area contributed by atoms with Crippen molar-refractivity contribution in [3.05, 3.63) is 78.5 Å². The fraction of sp³-hybridized carbons (Fsp3) is 0.286. The van der Waals surface area contributed by atoms with Gasteiger partial charge in [-0.15, -0.1) is 0 Å². The lowest BCUT2D eigenvalue weighted by Gasteiger charge is -2.24. The van der Waals surface area contributed by atoms with E-state index in [4.69, 9.17) is 0 Å². The van der Waals surface area contributed by atoms with Crippen LogP contribution in [-0.4, -0.2) is 68.6 Å². The first kappa shape index (κ1) is 27.4. The van der Waals surface area contributed by atoms with E-state index in [2.05, 4.69) is 37.6 Å². The van der Waals surface area contributed by atoms with Gasteiger partial charge in [0.05, 0.1) is 12.7 Å². The molecule has 0 aliphatic carbocycles. The second kappa shape index (κ2) is 12.7. The first-order valence-corrected chi connectivity index (χ1v) is 12.8. The number of anilines is 4. The molecule has 0 saturated carbocycles. The zero-order valence-corrected chi connectivity index (χ0v) is 22.6. The molecule has 11 heteroatoms. The van der Waals surface area contributed by atoms with E-state index < -0.39 is 0 Å². The van der Waals surface area contributed by atoms with E-state index in [1.54, 1.807) is 51.3 Å². The zero-order chi connectivity index (χ0) is 27.8. The molecule has 0 aliphatic rings. The lowest BCUT2D eigenvalue weighted by Crippen LogP contribution is -2.32. The van der Waals surface area contributed by atoms with Crippen molar-refractivity contribution >= 4 is 34.8 Å². The molecule has 4 rings (SSSR count). The Hall–Kier alpha value is -4.64. The third-order valence-electron chi connectivity index (χ3n) is 5.94. The van der Waals surface area contributed by atoms with Gasteiger partial charge in [0.1, 0.15) is 18.0 Å². The van der Waals surface area contributed by atoms with Crippen LogP contribution >= 0.6 is 0 Å². The molecule has 3 aromatic heterocycles. The number of pyridine rings is 1. The number of nitrogens with one attached hydrogen (secondary N) is 2. The Morgan fingerprint density at radius 3 is 2.54 bits per heavy atom. The van der Waals surface area contributed by atoms with Gasteiger partial charge in [-0.05, 0) is 57.3 Å². The molecule has 0 unspecified atom stereocenters. The van der Waals surface area contributed by atoms with Crippen molar-refractivity contribution in [1.82, 2.24) is 29.6 Å². The Bertz CT molecular complexity index is 1420. The van der Waals surface area contributed by atoms with Gasteiger partial charge in [-0.3, -0.25) is 14.6 Å². The van der Waals surface area contributed by atoms with E-state index in [1.165, 1.54) is 6.33 Å². The second-order valence-corrected chi connectivity index (χ2v) is 9.35. The van der Waals surface area contributed by atoms with Gasteiger partial charge in [-0.1, -0.05) is 19.4 Å². The molecule has 202 valence electrons. The maximum absolute atomic E-state index is 13.4. The summed E-state index contributed by atoms with van der Waals surface area (Å²) < 4.78 is 1.63. The van der Waals surface area contributed by atoms with E-state index in [1.807, 2.05) is 45.3 Å². The summed E-state index contributed by atoms with van der Waals surface area (Å²) in [4.78, 5) is 41.7. The van der Waals surface area contributed by atoms with Gasteiger partial charge in [0.15, 0.2) is 5.82 Å². The SMILES string of the molecule is CCCCN(C(=O)c1ccncc1)c1ccc(C)c(Nc2ccnn2-c2cc(NC(=O)CN(C)C)ncn2)c1. The van der Waals surface area contributed by atoms with Crippen LogP contribution in [0.3, 0.4) is 0 Å². The van der Waals surface area contributed by atoms with Crippen LogP contribution in [0.2, 0.25) is 0 Å². The molecule has 3 heterocycles. The van der Waals surface area contributed by atoms with Crippen molar-refractivity contribution in [2.24, 2.45) is 0 Å². The minimum Gasteiger partial charge on any atom is -0.340 e. The average molecular weight is 528 g/mol. The van der Waals surface area contributed by atoms with Crippen molar-refractivity contribution in [2.45, 2.75) is 26.7 Å². The number of rotatable bonds is 11. The minimum atomic E-state index is -0.176. The largest absolute Gasteiger partial charge is 0.340 e. The fourth-order valence-corrected chi connectivity index (χ4v) is 3.95. The highest BCUT2D eigenvalue weighted by molar-refractivity contribution is 6.06. The standard InChI is InChI=1S/C28H33N9O2/c1-5-6-15-36(28(39)21-9-12-29-13-10-21)22-8-7-20(2)23(16-22)33-25-11-14-32-37(25)26-17-24(30-19-31-26)34-27(38)18-35(3)4/h7-14,16-17,19,33H,5-6,15,18H2,1-4H3,(H,30,31,34,38). The number of unbranched alkanes of at least 4 members (excludes halogenated alkanes) is 1. The topological polar surface area (TPSA) is 121 Å². The van der Waals surface area contributed by atoms with Crippen LogP contribution in [0.1, 0.15) is 35.7 Å². The Morgan fingerprint density at radius 2 is 1.79 bits per heavy atom. The van der Waals surface area contributed by atoms with E-state index in [9.17, 15) is 9.59 Å². The van der Waals surface area contributed by atoms with Crippen molar-refractivity contribution in [3.63, 3.8) is 0 Å². The summed E-state index contributed by atoms with van der Waals surface area (Å²) in [6.07, 6.45) is 8.14. The van der Waals surface area contributed by atoms with Crippen LogP contribution in [0.15, 0.2) is 67.4 Å². The van der Waals surface area contributed by atoms with Gasteiger partial charge in [0.25, 0.3) is 5.91 Å². The smallest absolute Gasteiger partial charge is 0.258 e. The number of aromatic nitrogens is 5. The van der Waals surface area contributed by atoms with Gasteiger partial charge < -0.3 is 20.4 Å². The number of benzene rings is 1. The quantitative estimate of drug-likeness (QED) is 0.300. The highest BCUT2D eigenvalue weighted by Crippen LogP contribution is 2.28. The summed E-state index contributed by atoms with van der Waals surface area (Å²) in [7, 11) is 3.64. The minimum absolute atomic E-state index is 0.0736. The van der Waals surface area contributed by atoms with Crippen LogP contribution in [0.25, 0.3) is 5.82 Å². The Labute approximate surface area is 227 Å². The van der Waals surface area contributed by atoms with E-state index in [-0.39, 0.29) is 18.4 Å². The van der Waals surface area contributed by atoms with E-state index in [0.717, 1.165) is 29.8 Å². The van der Waals surface area contributed by atoms with Crippen molar-refractivity contribution < 1.29 is 9.59 Å². The van der Waals surface area contributed by atoms with E-state index >= 15 is 0 Å². The summed E-state index contributed by atoms with van der Waals surface area (Å²) in [5.74, 6) is 1.29. The molecule has 0 spiro atoms. The Balaban J connectivity index is 1.60. The van der Waals surface area contributed by atoms with Crippen LogP contribution in [0.5, 0.6) is 0 Å². The highest BCUT2D eigenvalue weighted by atomic mass is 16.2. The summed E-state index contributed by atoms with van der Waals surface area (Å²) in [5.41, 5.74) is 3.20. The van der Waals surface area contributed by atoms with Gasteiger partial charge in [-0.2, -0.15) is 9.78 Å². The lowest BCUT2D eigenvalue weighted by atomic mass is 10.1. The fourth-order valence-electron chi connectivity index (χ4n) is 3.95. The molecule has 0 bridgehead atoms. The number of hydrogen-bond acceptors (Lipinski definition) is 8. The molecule has 0 radical (unpaired) electrons. The maximum Gasteiger partial charge on any atom is 0.258 e. The Kier molecular flexibility index (Phi) is 8.95. The predicted molar refractivity (Wildman–Crippen MR) is 152 cm³/mol. The third-order valence-corrected chi connectivity index (χ3v) is 5.94. The molecule has 1 aromatic carbocycles. The first-order chi connectivity index (χ1) is 18.9. The summed E-state index contributed by atoms with van der Waals surface area (Å²) in [6, 6.07) is 12.9. The first-order valence-electron chi connectivity index (χ1n) is 12.8. The average Bonchev–Trinajstić information content (AvgIpc) is 3.39. The number of carbonyl (C=O) groups is 2. The molecule has 4 aromatic rings. The number of amides is 2. The lowest BCUT2D eigenvalue weighted by molar-refractivity contribution is -0.116. The molecule has 39 heavy (non-hydrogen) atoms. The van der Waals surface area contributed by atoms with Crippen molar-refractivity contribution in [3.8, 4) is 5.82 Å². The van der Waals surface area contributed by atoms with Crippen LogP contribution in [0.4, 0.5) is 23.0 Å². The van der Waals surface area contributed by atoms with Crippen molar-refractivity contribution in [2.75, 3.05) is 42.7 Å².